The molecule has 1 aliphatic heterocycles. The lowest BCUT2D eigenvalue weighted by Crippen LogP contribution is -2.18. The highest BCUT2D eigenvalue weighted by Gasteiger charge is 2.30. The molecule has 2 atom stereocenters. The van der Waals surface area contributed by atoms with Gasteiger partial charge in [-0.25, -0.2) is 0 Å². The van der Waals surface area contributed by atoms with Gasteiger partial charge in [-0.15, -0.1) is 6.58 Å². The molecule has 0 spiro atoms. The molecular formula is C13H21N. The molecule has 0 bridgehead atoms. The molecule has 0 aromatic rings. The molecular weight excluding hydrogens is 170 g/mol. The predicted molar refractivity (Wildman–Crippen MR) is 61.2 cm³/mol. The lowest BCUT2D eigenvalue weighted by molar-refractivity contribution is 0.348. The summed E-state index contributed by atoms with van der Waals surface area (Å²) in [6.45, 7) is 6.28. The largest absolute Gasteiger partial charge is 0.316 e. The summed E-state index contributed by atoms with van der Waals surface area (Å²) in [6, 6.07) is 0. The standard InChI is InChI=1S/C13H21N/c1-2-3-4-5-11-6-7-12-9-14-10-13(12)8-11/h2,5,12-14H,1,3-4,6-10H2/b11-5-. The fourth-order valence-corrected chi connectivity index (χ4v) is 2.76. The molecule has 1 nitrogen and oxygen atoms in total. The number of fused-ring (bicyclic) bond motifs is 1. The molecule has 0 amide bonds. The van der Waals surface area contributed by atoms with E-state index >= 15 is 0 Å². The Kier molecular flexibility index (Phi) is 3.41. The fourth-order valence-electron chi connectivity index (χ4n) is 2.76. The summed E-state index contributed by atoms with van der Waals surface area (Å²) in [6.07, 6.45) is 10.9. The third kappa shape index (κ3) is 2.27. The molecule has 0 aromatic carbocycles. The van der Waals surface area contributed by atoms with E-state index in [9.17, 15) is 0 Å². The second kappa shape index (κ2) is 4.79. The SMILES string of the molecule is C=CCC/C=C1/CCC2CNCC2C1. The molecule has 1 saturated heterocycles. The number of rotatable bonds is 3. The Morgan fingerprint density at radius 1 is 1.29 bits per heavy atom. The van der Waals surface area contributed by atoms with Crippen molar-refractivity contribution in [3.8, 4) is 0 Å². The molecule has 2 unspecified atom stereocenters. The minimum Gasteiger partial charge on any atom is -0.316 e. The minimum absolute atomic E-state index is 0.943. The maximum absolute atomic E-state index is 3.76. The zero-order valence-electron chi connectivity index (χ0n) is 8.97. The van der Waals surface area contributed by atoms with E-state index in [1.54, 1.807) is 5.57 Å². The first kappa shape index (κ1) is 9.97. The van der Waals surface area contributed by atoms with E-state index < -0.39 is 0 Å². The van der Waals surface area contributed by atoms with Crippen LogP contribution in [0.1, 0.15) is 32.1 Å². The third-order valence-corrected chi connectivity index (χ3v) is 3.64. The highest BCUT2D eigenvalue weighted by atomic mass is 14.9. The summed E-state index contributed by atoms with van der Waals surface area (Å²) in [7, 11) is 0. The van der Waals surface area contributed by atoms with Crippen molar-refractivity contribution in [1.29, 1.82) is 0 Å². The maximum atomic E-state index is 3.76. The molecule has 2 fully saturated rings. The van der Waals surface area contributed by atoms with E-state index in [2.05, 4.69) is 18.0 Å². The van der Waals surface area contributed by atoms with Gasteiger partial charge >= 0.3 is 0 Å². The molecule has 1 heterocycles. The van der Waals surface area contributed by atoms with Crippen LogP contribution in [0.5, 0.6) is 0 Å². The van der Waals surface area contributed by atoms with E-state index in [-0.39, 0.29) is 0 Å². The van der Waals surface area contributed by atoms with Crippen molar-refractivity contribution < 1.29 is 0 Å². The number of unbranched alkanes of at least 4 members (excludes halogenated alkanes) is 1. The Hall–Kier alpha value is -0.560. The van der Waals surface area contributed by atoms with Crippen molar-refractivity contribution in [2.24, 2.45) is 11.8 Å². The molecule has 1 heteroatoms. The van der Waals surface area contributed by atoms with Crippen LogP contribution in [0.4, 0.5) is 0 Å². The Balaban J connectivity index is 1.84. The van der Waals surface area contributed by atoms with Gasteiger partial charge < -0.3 is 5.32 Å². The summed E-state index contributed by atoms with van der Waals surface area (Å²) in [5, 5.41) is 3.51. The first-order valence-corrected chi connectivity index (χ1v) is 5.89. The predicted octanol–water partition coefficient (Wildman–Crippen LogP) is 2.90. The number of allylic oxidation sites excluding steroid dienone is 3. The van der Waals surface area contributed by atoms with Crippen LogP contribution >= 0.6 is 0 Å². The van der Waals surface area contributed by atoms with Gasteiger partial charge in [-0.1, -0.05) is 17.7 Å². The lowest BCUT2D eigenvalue weighted by Gasteiger charge is -2.26. The normalized spacial score (nSPS) is 34.4. The first-order chi connectivity index (χ1) is 6.90. The summed E-state index contributed by atoms with van der Waals surface area (Å²) in [4.78, 5) is 0. The van der Waals surface area contributed by atoms with E-state index in [0.29, 0.717) is 0 Å². The first-order valence-electron chi connectivity index (χ1n) is 5.89. The Bertz CT molecular complexity index is 229. The van der Waals surface area contributed by atoms with Crippen molar-refractivity contribution in [2.75, 3.05) is 13.1 Å². The lowest BCUT2D eigenvalue weighted by atomic mass is 9.79. The van der Waals surface area contributed by atoms with Crippen molar-refractivity contribution in [2.45, 2.75) is 32.1 Å². The molecule has 14 heavy (non-hydrogen) atoms. The van der Waals surface area contributed by atoms with Crippen LogP contribution in [0, 0.1) is 11.8 Å². The molecule has 0 aromatic heterocycles. The van der Waals surface area contributed by atoms with Gasteiger partial charge in [0.2, 0.25) is 0 Å². The summed E-state index contributed by atoms with van der Waals surface area (Å²) in [5.74, 6) is 1.92. The summed E-state index contributed by atoms with van der Waals surface area (Å²) >= 11 is 0. The highest BCUT2D eigenvalue weighted by molar-refractivity contribution is 5.09. The highest BCUT2D eigenvalue weighted by Crippen LogP contribution is 2.35. The van der Waals surface area contributed by atoms with Gasteiger partial charge in [0, 0.05) is 0 Å². The number of hydrogen-bond acceptors (Lipinski definition) is 1. The van der Waals surface area contributed by atoms with Crippen LogP contribution in [0.15, 0.2) is 24.3 Å². The molecule has 1 aliphatic carbocycles. The van der Waals surface area contributed by atoms with Gasteiger partial charge in [0.1, 0.15) is 0 Å². The second-order valence-electron chi connectivity index (χ2n) is 4.65. The molecule has 0 radical (unpaired) electrons. The Morgan fingerprint density at radius 2 is 2.14 bits per heavy atom. The van der Waals surface area contributed by atoms with E-state index in [1.165, 1.54) is 38.8 Å². The molecule has 78 valence electrons. The topological polar surface area (TPSA) is 12.0 Å². The van der Waals surface area contributed by atoms with E-state index in [1.807, 2.05) is 6.08 Å². The van der Waals surface area contributed by atoms with Crippen molar-refractivity contribution in [3.05, 3.63) is 24.3 Å². The zero-order chi connectivity index (χ0) is 9.80. The van der Waals surface area contributed by atoms with Crippen LogP contribution in [-0.2, 0) is 0 Å². The van der Waals surface area contributed by atoms with Crippen LogP contribution in [0.25, 0.3) is 0 Å². The van der Waals surface area contributed by atoms with Gasteiger partial charge in [-0.05, 0) is 57.0 Å². The molecule has 2 aliphatic rings. The Morgan fingerprint density at radius 3 is 3.00 bits per heavy atom. The average molecular weight is 191 g/mol. The van der Waals surface area contributed by atoms with Gasteiger partial charge in [-0.3, -0.25) is 0 Å². The number of nitrogens with one attached hydrogen (secondary N) is 1. The van der Waals surface area contributed by atoms with Crippen LogP contribution in [0.2, 0.25) is 0 Å². The fraction of sp³-hybridized carbons (Fsp3) is 0.692. The van der Waals surface area contributed by atoms with Gasteiger partial charge in [-0.2, -0.15) is 0 Å². The number of hydrogen-bond donors (Lipinski definition) is 1. The van der Waals surface area contributed by atoms with Crippen LogP contribution < -0.4 is 5.32 Å². The quantitative estimate of drug-likeness (QED) is 0.534. The molecule has 1 N–H and O–H groups in total. The van der Waals surface area contributed by atoms with E-state index in [0.717, 1.165) is 18.3 Å². The third-order valence-electron chi connectivity index (χ3n) is 3.64. The Labute approximate surface area is 87.3 Å². The molecule has 2 rings (SSSR count). The van der Waals surface area contributed by atoms with E-state index in [4.69, 9.17) is 0 Å². The maximum Gasteiger partial charge on any atom is -0.00142 e. The average Bonchev–Trinajstić information content (AvgIpc) is 2.65. The van der Waals surface area contributed by atoms with Gasteiger partial charge in [0.25, 0.3) is 0 Å². The van der Waals surface area contributed by atoms with Crippen molar-refractivity contribution >= 4 is 0 Å². The summed E-state index contributed by atoms with van der Waals surface area (Å²) in [5.41, 5.74) is 1.71. The van der Waals surface area contributed by atoms with Crippen molar-refractivity contribution in [3.63, 3.8) is 0 Å². The summed E-state index contributed by atoms with van der Waals surface area (Å²) < 4.78 is 0. The minimum atomic E-state index is 0.943. The molecule has 1 saturated carbocycles. The second-order valence-corrected chi connectivity index (χ2v) is 4.65. The van der Waals surface area contributed by atoms with Crippen LogP contribution in [0.3, 0.4) is 0 Å². The zero-order valence-corrected chi connectivity index (χ0v) is 8.97. The monoisotopic (exact) mass is 191 g/mol. The van der Waals surface area contributed by atoms with Gasteiger partial charge in [0.05, 0.1) is 0 Å². The van der Waals surface area contributed by atoms with Crippen molar-refractivity contribution in [1.82, 2.24) is 5.32 Å². The smallest absolute Gasteiger partial charge is 0.00142 e. The van der Waals surface area contributed by atoms with Gasteiger partial charge in [0.15, 0.2) is 0 Å². The van der Waals surface area contributed by atoms with Crippen LogP contribution in [-0.4, -0.2) is 13.1 Å².